The SMILES string of the molecule is O=C(c1ccccc1)c1ccc(BF)cc1. The Morgan fingerprint density at radius 2 is 1.44 bits per heavy atom. The molecule has 0 saturated carbocycles. The van der Waals surface area contributed by atoms with Gasteiger partial charge >= 0.3 is 7.56 Å². The summed E-state index contributed by atoms with van der Waals surface area (Å²) in [6, 6.07) is 15.6. The maximum absolute atomic E-state index is 12.3. The number of benzene rings is 2. The third kappa shape index (κ3) is 2.19. The molecule has 16 heavy (non-hydrogen) atoms. The van der Waals surface area contributed by atoms with E-state index in [2.05, 4.69) is 0 Å². The first-order valence-electron chi connectivity index (χ1n) is 5.06. The molecule has 2 aromatic carbocycles. The third-order valence-electron chi connectivity index (χ3n) is 2.41. The van der Waals surface area contributed by atoms with Gasteiger partial charge in [-0.15, -0.1) is 0 Å². The summed E-state index contributed by atoms with van der Waals surface area (Å²) in [5, 5.41) is 0. The minimum Gasteiger partial charge on any atom is -0.335 e. The fourth-order valence-electron chi connectivity index (χ4n) is 1.50. The van der Waals surface area contributed by atoms with Gasteiger partial charge in [-0.1, -0.05) is 54.6 Å². The zero-order valence-corrected chi connectivity index (χ0v) is 8.69. The van der Waals surface area contributed by atoms with E-state index in [0.717, 1.165) is 0 Å². The third-order valence-corrected chi connectivity index (χ3v) is 2.41. The molecular weight excluding hydrogens is 202 g/mol. The Kier molecular flexibility index (Phi) is 3.15. The monoisotopic (exact) mass is 212 g/mol. The Bertz CT molecular complexity index is 479. The fraction of sp³-hybridized carbons (Fsp3) is 0. The van der Waals surface area contributed by atoms with E-state index >= 15 is 0 Å². The van der Waals surface area contributed by atoms with E-state index in [-0.39, 0.29) is 5.78 Å². The second kappa shape index (κ2) is 4.75. The highest BCUT2D eigenvalue weighted by molar-refractivity contribution is 6.46. The summed E-state index contributed by atoms with van der Waals surface area (Å²) in [6.07, 6.45) is 0. The van der Waals surface area contributed by atoms with Crippen molar-refractivity contribution >= 4 is 18.8 Å². The quantitative estimate of drug-likeness (QED) is 0.560. The number of hydrogen-bond acceptors (Lipinski definition) is 1. The van der Waals surface area contributed by atoms with Crippen molar-refractivity contribution in [2.24, 2.45) is 0 Å². The minimum absolute atomic E-state index is 0.0361. The van der Waals surface area contributed by atoms with Crippen LogP contribution in [-0.4, -0.2) is 13.3 Å². The molecule has 0 aliphatic carbocycles. The molecule has 0 spiro atoms. The molecule has 3 heteroatoms. The maximum Gasteiger partial charge on any atom is 0.364 e. The van der Waals surface area contributed by atoms with Crippen LogP contribution in [0.3, 0.4) is 0 Å². The van der Waals surface area contributed by atoms with Crippen LogP contribution in [0.2, 0.25) is 0 Å². The zero-order valence-electron chi connectivity index (χ0n) is 8.69. The summed E-state index contributed by atoms with van der Waals surface area (Å²) < 4.78 is 12.3. The molecule has 2 aromatic rings. The van der Waals surface area contributed by atoms with Gasteiger partial charge in [-0.25, -0.2) is 0 Å². The number of ketones is 1. The largest absolute Gasteiger partial charge is 0.364 e. The van der Waals surface area contributed by atoms with Crippen molar-refractivity contribution in [2.75, 3.05) is 0 Å². The van der Waals surface area contributed by atoms with Gasteiger partial charge in [0.2, 0.25) is 0 Å². The second-order valence-corrected chi connectivity index (χ2v) is 3.53. The van der Waals surface area contributed by atoms with E-state index in [1.165, 1.54) is 0 Å². The molecule has 0 aromatic heterocycles. The number of halogens is 1. The van der Waals surface area contributed by atoms with E-state index in [0.29, 0.717) is 16.6 Å². The molecule has 0 aliphatic heterocycles. The van der Waals surface area contributed by atoms with Crippen molar-refractivity contribution in [1.29, 1.82) is 0 Å². The second-order valence-electron chi connectivity index (χ2n) is 3.53. The number of hydrogen-bond donors (Lipinski definition) is 0. The summed E-state index contributed by atoms with van der Waals surface area (Å²) in [7, 11) is -0.500. The van der Waals surface area contributed by atoms with Crippen LogP contribution in [0.4, 0.5) is 4.32 Å². The highest BCUT2D eigenvalue weighted by Crippen LogP contribution is 2.08. The molecular formula is C13H10BFO. The first-order chi connectivity index (χ1) is 7.81. The number of carbonyl (C=O) groups is 1. The van der Waals surface area contributed by atoms with Crippen molar-refractivity contribution in [3.8, 4) is 0 Å². The standard InChI is InChI=1S/C13H10BFO/c15-14-12-8-6-11(7-9-12)13(16)10-4-2-1-3-5-10/h1-9,14H. The molecule has 0 unspecified atom stereocenters. The number of rotatable bonds is 3. The Balaban J connectivity index is 2.28. The Hall–Kier alpha value is -1.90. The van der Waals surface area contributed by atoms with Crippen molar-refractivity contribution in [3.05, 3.63) is 65.7 Å². The molecule has 0 radical (unpaired) electrons. The summed E-state index contributed by atoms with van der Waals surface area (Å²) in [6.45, 7) is 0. The summed E-state index contributed by atoms with van der Waals surface area (Å²) in [5.74, 6) is -0.0361. The average Bonchev–Trinajstić information content (AvgIpc) is 2.39. The summed E-state index contributed by atoms with van der Waals surface area (Å²) in [4.78, 5) is 12.0. The van der Waals surface area contributed by atoms with E-state index in [1.807, 2.05) is 18.2 Å². The maximum atomic E-state index is 12.3. The van der Waals surface area contributed by atoms with Crippen LogP contribution in [0.1, 0.15) is 15.9 Å². The summed E-state index contributed by atoms with van der Waals surface area (Å²) >= 11 is 0. The van der Waals surface area contributed by atoms with Gasteiger partial charge in [0.1, 0.15) is 0 Å². The molecule has 0 aliphatic rings. The van der Waals surface area contributed by atoms with Crippen molar-refractivity contribution in [1.82, 2.24) is 0 Å². The topological polar surface area (TPSA) is 17.1 Å². The van der Waals surface area contributed by atoms with Crippen molar-refractivity contribution in [3.63, 3.8) is 0 Å². The molecule has 0 bridgehead atoms. The normalized spacial score (nSPS) is 9.81. The lowest BCUT2D eigenvalue weighted by Gasteiger charge is -2.01. The van der Waals surface area contributed by atoms with Gasteiger partial charge in [0, 0.05) is 11.1 Å². The predicted octanol–water partition coefficient (Wildman–Crippen LogP) is 1.86. The smallest absolute Gasteiger partial charge is 0.335 e. The zero-order chi connectivity index (χ0) is 11.4. The van der Waals surface area contributed by atoms with E-state index in [4.69, 9.17) is 0 Å². The van der Waals surface area contributed by atoms with E-state index in [1.54, 1.807) is 36.4 Å². The molecule has 0 amide bonds. The van der Waals surface area contributed by atoms with Crippen LogP contribution in [0.25, 0.3) is 0 Å². The van der Waals surface area contributed by atoms with Gasteiger partial charge < -0.3 is 4.32 Å². The van der Waals surface area contributed by atoms with Crippen LogP contribution < -0.4 is 5.46 Å². The van der Waals surface area contributed by atoms with Gasteiger partial charge in [-0.3, -0.25) is 4.79 Å². The first-order valence-corrected chi connectivity index (χ1v) is 5.06. The Morgan fingerprint density at radius 3 is 2.00 bits per heavy atom. The molecule has 1 nitrogen and oxygen atoms in total. The first kappa shape index (κ1) is 10.6. The van der Waals surface area contributed by atoms with Crippen LogP contribution in [-0.2, 0) is 0 Å². The molecule has 0 saturated heterocycles. The minimum atomic E-state index is -0.500. The van der Waals surface area contributed by atoms with Gasteiger partial charge in [-0.2, -0.15) is 0 Å². The average molecular weight is 212 g/mol. The molecule has 0 heterocycles. The van der Waals surface area contributed by atoms with Crippen LogP contribution in [0.15, 0.2) is 54.6 Å². The van der Waals surface area contributed by atoms with Crippen LogP contribution in [0.5, 0.6) is 0 Å². The molecule has 0 fully saturated rings. The Morgan fingerprint density at radius 1 is 0.875 bits per heavy atom. The molecule has 2 rings (SSSR count). The lowest BCUT2D eigenvalue weighted by molar-refractivity contribution is 0.103. The van der Waals surface area contributed by atoms with E-state index in [9.17, 15) is 9.11 Å². The molecule has 0 N–H and O–H groups in total. The molecule has 0 atom stereocenters. The fourth-order valence-corrected chi connectivity index (χ4v) is 1.50. The van der Waals surface area contributed by atoms with Gasteiger partial charge in [0.05, 0.1) is 0 Å². The number of carbonyl (C=O) groups excluding carboxylic acids is 1. The summed E-state index contributed by atoms with van der Waals surface area (Å²) in [5.41, 5.74) is 1.82. The van der Waals surface area contributed by atoms with Gasteiger partial charge in [0.25, 0.3) is 0 Å². The lowest BCUT2D eigenvalue weighted by atomic mass is 9.90. The van der Waals surface area contributed by atoms with Crippen LogP contribution >= 0.6 is 0 Å². The lowest BCUT2D eigenvalue weighted by Crippen LogP contribution is -2.10. The predicted molar refractivity (Wildman–Crippen MR) is 64.2 cm³/mol. The van der Waals surface area contributed by atoms with Gasteiger partial charge in [-0.05, 0) is 5.46 Å². The molecule has 78 valence electrons. The van der Waals surface area contributed by atoms with E-state index < -0.39 is 7.56 Å². The van der Waals surface area contributed by atoms with Crippen LogP contribution in [0, 0.1) is 0 Å². The van der Waals surface area contributed by atoms with Gasteiger partial charge in [0.15, 0.2) is 5.78 Å². The highest BCUT2D eigenvalue weighted by Gasteiger charge is 2.07. The highest BCUT2D eigenvalue weighted by atomic mass is 19.1. The van der Waals surface area contributed by atoms with Crippen molar-refractivity contribution < 1.29 is 9.11 Å². The Labute approximate surface area is 94.2 Å². The van der Waals surface area contributed by atoms with Crippen molar-refractivity contribution in [2.45, 2.75) is 0 Å².